The maximum atomic E-state index is 12.6. The van der Waals surface area contributed by atoms with Gasteiger partial charge in [0.15, 0.2) is 0 Å². The number of benzene rings is 1. The Labute approximate surface area is 291 Å². The van der Waals surface area contributed by atoms with E-state index in [1.807, 2.05) is 71.7 Å². The van der Waals surface area contributed by atoms with Gasteiger partial charge in [-0.25, -0.2) is 14.5 Å². The summed E-state index contributed by atoms with van der Waals surface area (Å²) in [5, 5.41) is 9.06. The van der Waals surface area contributed by atoms with Crippen LogP contribution >= 0.6 is 15.9 Å². The molecule has 0 saturated carbocycles. The lowest BCUT2D eigenvalue weighted by Crippen LogP contribution is -2.36. The number of pyridine rings is 3. The largest absolute Gasteiger partial charge is 0.445 e. The minimum Gasteiger partial charge on any atom is -0.445 e. The van der Waals surface area contributed by atoms with Gasteiger partial charge in [-0.15, -0.1) is 0 Å². The summed E-state index contributed by atoms with van der Waals surface area (Å²) in [5.74, 6) is 0.857. The van der Waals surface area contributed by atoms with Crippen molar-refractivity contribution in [1.82, 2.24) is 30.0 Å². The molecule has 1 amide bonds. The van der Waals surface area contributed by atoms with Crippen molar-refractivity contribution in [2.24, 2.45) is 0 Å². The number of ether oxygens (including phenoxy) is 2. The Hall–Kier alpha value is -4.13. The quantitative estimate of drug-likeness (QED) is 0.108. The van der Waals surface area contributed by atoms with Crippen LogP contribution in [0.2, 0.25) is 25.7 Å². The highest BCUT2D eigenvalue weighted by Crippen LogP contribution is 2.34. The van der Waals surface area contributed by atoms with E-state index in [4.69, 9.17) is 24.5 Å². The molecule has 48 heavy (non-hydrogen) atoms. The van der Waals surface area contributed by atoms with E-state index in [0.29, 0.717) is 13.3 Å². The van der Waals surface area contributed by atoms with Gasteiger partial charge < -0.3 is 19.7 Å². The number of anilines is 1. The molecule has 1 aliphatic heterocycles. The molecule has 1 aliphatic rings. The number of hydrogen-bond acceptors (Lipinski definition) is 8. The number of rotatable bonds is 11. The van der Waals surface area contributed by atoms with E-state index in [9.17, 15) is 4.79 Å². The second-order valence-electron chi connectivity index (χ2n) is 13.3. The van der Waals surface area contributed by atoms with Gasteiger partial charge in [0, 0.05) is 57.2 Å². The maximum absolute atomic E-state index is 12.6. The van der Waals surface area contributed by atoms with E-state index in [1.54, 1.807) is 6.20 Å². The lowest BCUT2D eigenvalue weighted by atomic mass is 10.1. The highest BCUT2D eigenvalue weighted by Gasteiger charge is 2.23. The molecule has 1 N–H and O–H groups in total. The number of carbonyl (C=O) groups is 1. The summed E-state index contributed by atoms with van der Waals surface area (Å²) >= 11 is 3.76. The number of aromatic nitrogens is 5. The summed E-state index contributed by atoms with van der Waals surface area (Å²) in [6, 6.07) is 20.9. The highest BCUT2D eigenvalue weighted by atomic mass is 79.9. The average Bonchev–Trinajstić information content (AvgIpc) is 3.29. The summed E-state index contributed by atoms with van der Waals surface area (Å²) in [6.45, 7) is 9.90. The molecular formula is C36H42BrN7O3Si. The minimum atomic E-state index is -1.22. The zero-order valence-electron chi connectivity index (χ0n) is 27.7. The molecule has 250 valence electrons. The van der Waals surface area contributed by atoms with E-state index in [-0.39, 0.29) is 18.7 Å². The normalized spacial score (nSPS) is 15.3. The number of amides is 1. The molecule has 10 nitrogen and oxygen atoms in total. The molecule has 1 atom stereocenters. The Morgan fingerprint density at radius 3 is 2.67 bits per heavy atom. The summed E-state index contributed by atoms with van der Waals surface area (Å²) in [4.78, 5) is 29.1. The van der Waals surface area contributed by atoms with Crippen LogP contribution in [0.15, 0.2) is 83.7 Å². The van der Waals surface area contributed by atoms with Crippen molar-refractivity contribution in [2.45, 2.75) is 64.3 Å². The molecule has 12 heteroatoms. The first-order chi connectivity index (χ1) is 23.2. The van der Waals surface area contributed by atoms with Crippen molar-refractivity contribution in [3.8, 4) is 22.6 Å². The third-order valence-corrected chi connectivity index (χ3v) is 10.8. The van der Waals surface area contributed by atoms with Crippen LogP contribution in [0, 0.1) is 0 Å². The van der Waals surface area contributed by atoms with E-state index in [2.05, 4.69) is 56.8 Å². The number of hydrogen-bond donors (Lipinski definition) is 1. The van der Waals surface area contributed by atoms with Gasteiger partial charge in [0.2, 0.25) is 0 Å². The standard InChI is InChI=1S/C36H42BrN7O3Si/c1-48(2,3)20-19-46-25-44-33-23-39-32(27-11-7-16-38-22-27)21-29(33)34(42-44)31-14-13-30(37)35(41-31)43-17-8-12-28(15-18-43)40-36(45)47-24-26-9-5-4-6-10-26/h4-7,9-11,13-14,16,21-23,28H,8,12,15,17-20,24-25H2,1-3H3,(H,40,45)/t28-/m0/s1. The molecular weight excluding hydrogens is 686 g/mol. The summed E-state index contributed by atoms with van der Waals surface area (Å²) in [7, 11) is -1.22. The molecule has 5 aromatic rings. The smallest absolute Gasteiger partial charge is 0.407 e. The molecule has 1 fully saturated rings. The summed E-state index contributed by atoms with van der Waals surface area (Å²) in [5.41, 5.74) is 5.15. The van der Waals surface area contributed by atoms with Crippen molar-refractivity contribution >= 4 is 46.8 Å². The fraction of sp³-hybridized carbons (Fsp3) is 0.361. The van der Waals surface area contributed by atoms with E-state index >= 15 is 0 Å². The number of halogens is 1. The van der Waals surface area contributed by atoms with Crippen LogP contribution in [0.1, 0.15) is 24.8 Å². The first-order valence-electron chi connectivity index (χ1n) is 16.5. The Morgan fingerprint density at radius 2 is 1.88 bits per heavy atom. The zero-order valence-corrected chi connectivity index (χ0v) is 30.3. The maximum Gasteiger partial charge on any atom is 0.407 e. The molecule has 0 aliphatic carbocycles. The summed E-state index contributed by atoms with van der Waals surface area (Å²) < 4.78 is 14.4. The van der Waals surface area contributed by atoms with Crippen molar-refractivity contribution in [3.63, 3.8) is 0 Å². The number of nitrogens with zero attached hydrogens (tertiary/aromatic N) is 6. The van der Waals surface area contributed by atoms with Crippen LogP contribution in [0.3, 0.4) is 0 Å². The molecule has 4 aromatic heterocycles. The van der Waals surface area contributed by atoms with Gasteiger partial charge in [-0.05, 0) is 77.1 Å². The van der Waals surface area contributed by atoms with Crippen LogP contribution in [0.5, 0.6) is 0 Å². The lowest BCUT2D eigenvalue weighted by molar-refractivity contribution is 0.0818. The predicted octanol–water partition coefficient (Wildman–Crippen LogP) is 7.92. The van der Waals surface area contributed by atoms with Gasteiger partial charge in [-0.3, -0.25) is 9.97 Å². The first kappa shape index (κ1) is 33.8. The Balaban J connectivity index is 1.21. The fourth-order valence-electron chi connectivity index (χ4n) is 5.73. The van der Waals surface area contributed by atoms with E-state index in [0.717, 1.165) is 87.8 Å². The van der Waals surface area contributed by atoms with Crippen LogP contribution < -0.4 is 10.2 Å². The van der Waals surface area contributed by atoms with E-state index in [1.165, 1.54) is 0 Å². The molecule has 0 radical (unpaired) electrons. The van der Waals surface area contributed by atoms with Crippen molar-refractivity contribution in [2.75, 3.05) is 24.6 Å². The van der Waals surface area contributed by atoms with E-state index < -0.39 is 8.07 Å². The second-order valence-corrected chi connectivity index (χ2v) is 19.8. The Kier molecular flexibility index (Phi) is 10.8. The van der Waals surface area contributed by atoms with Crippen LogP contribution in [-0.2, 0) is 22.8 Å². The van der Waals surface area contributed by atoms with Crippen molar-refractivity contribution in [3.05, 3.63) is 89.3 Å². The third kappa shape index (κ3) is 8.66. The Morgan fingerprint density at radius 1 is 1.02 bits per heavy atom. The second kappa shape index (κ2) is 15.4. The molecule has 0 unspecified atom stereocenters. The number of nitrogens with one attached hydrogen (secondary N) is 1. The minimum absolute atomic E-state index is 0.0271. The highest BCUT2D eigenvalue weighted by molar-refractivity contribution is 9.10. The lowest BCUT2D eigenvalue weighted by Gasteiger charge is -2.23. The van der Waals surface area contributed by atoms with Crippen LogP contribution in [0.4, 0.5) is 10.6 Å². The van der Waals surface area contributed by atoms with Gasteiger partial charge in [0.25, 0.3) is 0 Å². The van der Waals surface area contributed by atoms with Gasteiger partial charge in [-0.1, -0.05) is 50.0 Å². The van der Waals surface area contributed by atoms with Crippen LogP contribution in [-0.4, -0.2) is 64.6 Å². The van der Waals surface area contributed by atoms with Gasteiger partial charge in [0.1, 0.15) is 24.8 Å². The monoisotopic (exact) mass is 727 g/mol. The van der Waals surface area contributed by atoms with Crippen LogP contribution in [0.25, 0.3) is 33.5 Å². The number of alkyl carbamates (subject to hydrolysis) is 1. The van der Waals surface area contributed by atoms with Gasteiger partial charge in [0.05, 0.1) is 27.6 Å². The van der Waals surface area contributed by atoms with Gasteiger partial charge in [-0.2, -0.15) is 5.10 Å². The van der Waals surface area contributed by atoms with Gasteiger partial charge >= 0.3 is 6.09 Å². The first-order valence-corrected chi connectivity index (χ1v) is 21.0. The third-order valence-electron chi connectivity index (χ3n) is 8.44. The Bertz CT molecular complexity index is 1830. The molecule has 0 bridgehead atoms. The van der Waals surface area contributed by atoms with Crippen molar-refractivity contribution < 1.29 is 14.3 Å². The topological polar surface area (TPSA) is 107 Å². The average molecular weight is 729 g/mol. The van der Waals surface area contributed by atoms with Crippen molar-refractivity contribution in [1.29, 1.82) is 0 Å². The zero-order chi connectivity index (χ0) is 33.5. The number of carbonyl (C=O) groups excluding carboxylic acids is 1. The number of fused-ring (bicyclic) bond motifs is 1. The molecule has 1 aromatic carbocycles. The molecule has 0 spiro atoms. The fourth-order valence-corrected chi connectivity index (χ4v) is 6.96. The summed E-state index contributed by atoms with van der Waals surface area (Å²) in [6.07, 6.45) is 7.62. The SMILES string of the molecule is C[Si](C)(C)CCOCn1nc(-c2ccc(Br)c(N3CCC[C@H](NC(=O)OCc4ccccc4)CC3)n2)c2cc(-c3cccnc3)ncc21. The molecule has 5 heterocycles. The predicted molar refractivity (Wildman–Crippen MR) is 195 cm³/mol. The molecule has 1 saturated heterocycles. The molecule has 6 rings (SSSR count).